The van der Waals surface area contributed by atoms with Crippen LogP contribution in [0.25, 0.3) is 0 Å². The summed E-state index contributed by atoms with van der Waals surface area (Å²) in [5, 5.41) is 3.26. The number of nitrogens with zero attached hydrogens (tertiary/aromatic N) is 2. The molecule has 0 amide bonds. The number of rotatable bonds is 3. The van der Waals surface area contributed by atoms with E-state index in [0.717, 1.165) is 6.54 Å². The Morgan fingerprint density at radius 1 is 1.47 bits per heavy atom. The Balaban J connectivity index is 1.83. The van der Waals surface area contributed by atoms with Gasteiger partial charge in [-0.25, -0.2) is 4.98 Å². The van der Waals surface area contributed by atoms with Crippen LogP contribution in [0.5, 0.6) is 0 Å². The maximum Gasteiger partial charge on any atom is 0.107 e. The van der Waals surface area contributed by atoms with E-state index in [9.17, 15) is 0 Å². The molecule has 0 aromatic carbocycles. The van der Waals surface area contributed by atoms with Crippen LogP contribution in [-0.2, 0) is 6.54 Å². The van der Waals surface area contributed by atoms with Crippen LogP contribution in [-0.4, -0.2) is 29.0 Å². The molecule has 1 aromatic heterocycles. The topological polar surface area (TPSA) is 42.2 Å². The Bertz CT molecular complexity index is 278. The van der Waals surface area contributed by atoms with Gasteiger partial charge in [-0.3, -0.25) is 4.90 Å². The fourth-order valence-corrected chi connectivity index (χ4v) is 2.89. The van der Waals surface area contributed by atoms with Gasteiger partial charge < -0.3 is 5.73 Å². The van der Waals surface area contributed by atoms with E-state index < -0.39 is 0 Å². The van der Waals surface area contributed by atoms with E-state index in [1.807, 2.05) is 11.6 Å². The van der Waals surface area contributed by atoms with Gasteiger partial charge >= 0.3 is 0 Å². The van der Waals surface area contributed by atoms with Crippen molar-refractivity contribution in [3.63, 3.8) is 0 Å². The third kappa shape index (κ3) is 3.00. The minimum Gasteiger partial charge on any atom is -0.328 e. The fourth-order valence-electron chi connectivity index (χ4n) is 2.22. The van der Waals surface area contributed by atoms with Crippen molar-refractivity contribution in [2.75, 3.05) is 7.05 Å². The van der Waals surface area contributed by atoms with E-state index >= 15 is 0 Å². The zero-order chi connectivity index (χ0) is 10.7. The highest BCUT2D eigenvalue weighted by atomic mass is 32.1. The molecule has 84 valence electrons. The first-order valence-corrected chi connectivity index (χ1v) is 6.48. The zero-order valence-corrected chi connectivity index (χ0v) is 10.0. The quantitative estimate of drug-likeness (QED) is 0.853. The summed E-state index contributed by atoms with van der Waals surface area (Å²) in [5.41, 5.74) is 5.90. The molecule has 1 aliphatic carbocycles. The predicted molar refractivity (Wildman–Crippen MR) is 63.8 cm³/mol. The Morgan fingerprint density at radius 3 is 2.80 bits per heavy atom. The summed E-state index contributed by atoms with van der Waals surface area (Å²) in [7, 11) is 2.20. The monoisotopic (exact) mass is 225 g/mol. The van der Waals surface area contributed by atoms with E-state index in [-0.39, 0.29) is 0 Å². The van der Waals surface area contributed by atoms with Crippen molar-refractivity contribution < 1.29 is 0 Å². The van der Waals surface area contributed by atoms with Gasteiger partial charge in [0.2, 0.25) is 0 Å². The molecular formula is C11H19N3S. The van der Waals surface area contributed by atoms with Crippen LogP contribution in [0.15, 0.2) is 11.6 Å². The molecule has 1 saturated carbocycles. The highest BCUT2D eigenvalue weighted by Gasteiger charge is 2.22. The minimum atomic E-state index is 0.439. The molecule has 3 nitrogen and oxygen atoms in total. The highest BCUT2D eigenvalue weighted by Crippen LogP contribution is 2.22. The van der Waals surface area contributed by atoms with E-state index in [1.54, 1.807) is 11.3 Å². The summed E-state index contributed by atoms with van der Waals surface area (Å²) < 4.78 is 0. The average Bonchev–Trinajstić information content (AvgIpc) is 2.71. The van der Waals surface area contributed by atoms with Crippen LogP contribution in [0, 0.1) is 0 Å². The molecule has 0 atom stereocenters. The summed E-state index contributed by atoms with van der Waals surface area (Å²) in [6, 6.07) is 1.14. The number of hydrogen-bond acceptors (Lipinski definition) is 4. The lowest BCUT2D eigenvalue weighted by atomic mass is 9.91. The number of hydrogen-bond donors (Lipinski definition) is 1. The van der Waals surface area contributed by atoms with Gasteiger partial charge in [-0.1, -0.05) is 0 Å². The van der Waals surface area contributed by atoms with Crippen molar-refractivity contribution in [3.8, 4) is 0 Å². The Hall–Kier alpha value is -0.450. The molecular weight excluding hydrogens is 206 g/mol. The first-order valence-electron chi connectivity index (χ1n) is 5.60. The van der Waals surface area contributed by atoms with Gasteiger partial charge in [-0.05, 0) is 32.7 Å². The Kier molecular flexibility index (Phi) is 3.72. The van der Waals surface area contributed by atoms with Crippen molar-refractivity contribution in [3.05, 3.63) is 16.6 Å². The summed E-state index contributed by atoms with van der Waals surface area (Å²) in [4.78, 5) is 6.74. The van der Waals surface area contributed by atoms with Gasteiger partial charge in [0.15, 0.2) is 0 Å². The Morgan fingerprint density at radius 2 is 2.20 bits per heavy atom. The maximum absolute atomic E-state index is 5.90. The van der Waals surface area contributed by atoms with E-state index in [0.29, 0.717) is 12.1 Å². The summed E-state index contributed by atoms with van der Waals surface area (Å²) in [6.07, 6.45) is 6.70. The second-order valence-electron chi connectivity index (χ2n) is 4.41. The lowest BCUT2D eigenvalue weighted by Crippen LogP contribution is -2.38. The van der Waals surface area contributed by atoms with Crippen molar-refractivity contribution >= 4 is 11.3 Å². The SMILES string of the molecule is CN(Cc1nccs1)C1CCC(N)CC1. The number of thiazole rings is 1. The maximum atomic E-state index is 5.90. The largest absolute Gasteiger partial charge is 0.328 e. The van der Waals surface area contributed by atoms with Gasteiger partial charge in [-0.15, -0.1) is 11.3 Å². The lowest BCUT2D eigenvalue weighted by Gasteiger charge is -2.32. The molecule has 2 rings (SSSR count). The fraction of sp³-hybridized carbons (Fsp3) is 0.727. The standard InChI is InChI=1S/C11H19N3S/c1-14(8-11-13-6-7-15-11)10-4-2-9(12)3-5-10/h6-7,9-10H,2-5,8,12H2,1H3. The smallest absolute Gasteiger partial charge is 0.107 e. The first-order chi connectivity index (χ1) is 7.25. The van der Waals surface area contributed by atoms with Gasteiger partial charge in [-0.2, -0.15) is 0 Å². The van der Waals surface area contributed by atoms with Crippen molar-refractivity contribution in [2.45, 2.75) is 44.3 Å². The van der Waals surface area contributed by atoms with Crippen molar-refractivity contribution in [1.29, 1.82) is 0 Å². The molecule has 0 radical (unpaired) electrons. The van der Waals surface area contributed by atoms with Crippen molar-refractivity contribution in [2.24, 2.45) is 5.73 Å². The van der Waals surface area contributed by atoms with Crippen LogP contribution in [0.3, 0.4) is 0 Å². The Labute approximate surface area is 95.3 Å². The van der Waals surface area contributed by atoms with Crippen LogP contribution < -0.4 is 5.73 Å². The molecule has 0 saturated heterocycles. The van der Waals surface area contributed by atoms with Gasteiger partial charge in [0.05, 0.1) is 6.54 Å². The molecule has 1 heterocycles. The molecule has 0 spiro atoms. The molecule has 0 aliphatic heterocycles. The van der Waals surface area contributed by atoms with Gasteiger partial charge in [0.25, 0.3) is 0 Å². The predicted octanol–water partition coefficient (Wildman–Crippen LogP) is 1.84. The van der Waals surface area contributed by atoms with Gasteiger partial charge in [0, 0.05) is 23.7 Å². The molecule has 0 bridgehead atoms. The molecule has 0 unspecified atom stereocenters. The highest BCUT2D eigenvalue weighted by molar-refractivity contribution is 7.09. The second-order valence-corrected chi connectivity index (χ2v) is 5.39. The second kappa shape index (κ2) is 5.05. The minimum absolute atomic E-state index is 0.439. The van der Waals surface area contributed by atoms with Crippen LogP contribution in [0.4, 0.5) is 0 Å². The number of nitrogens with two attached hydrogens (primary N) is 1. The van der Waals surface area contributed by atoms with E-state index in [1.165, 1.54) is 30.7 Å². The van der Waals surface area contributed by atoms with Gasteiger partial charge in [0.1, 0.15) is 5.01 Å². The number of aromatic nitrogens is 1. The lowest BCUT2D eigenvalue weighted by molar-refractivity contribution is 0.176. The summed E-state index contributed by atoms with van der Waals surface area (Å²) in [5.74, 6) is 0. The van der Waals surface area contributed by atoms with Crippen LogP contribution >= 0.6 is 11.3 Å². The average molecular weight is 225 g/mol. The third-order valence-corrected chi connectivity index (χ3v) is 4.00. The summed E-state index contributed by atoms with van der Waals surface area (Å²) in [6.45, 7) is 0.984. The molecule has 4 heteroatoms. The first kappa shape index (κ1) is 11.0. The molecule has 1 fully saturated rings. The molecule has 15 heavy (non-hydrogen) atoms. The molecule has 1 aromatic rings. The van der Waals surface area contributed by atoms with Crippen LogP contribution in [0.2, 0.25) is 0 Å². The molecule has 1 aliphatic rings. The van der Waals surface area contributed by atoms with Crippen LogP contribution in [0.1, 0.15) is 30.7 Å². The summed E-state index contributed by atoms with van der Waals surface area (Å²) >= 11 is 1.74. The zero-order valence-electron chi connectivity index (χ0n) is 9.22. The van der Waals surface area contributed by atoms with E-state index in [4.69, 9.17) is 5.73 Å². The van der Waals surface area contributed by atoms with E-state index in [2.05, 4.69) is 16.9 Å². The normalized spacial score (nSPS) is 27.1. The molecule has 2 N–H and O–H groups in total. The third-order valence-electron chi connectivity index (χ3n) is 3.23. The van der Waals surface area contributed by atoms with Crippen molar-refractivity contribution in [1.82, 2.24) is 9.88 Å².